The molecule has 4 fully saturated rings. The van der Waals surface area contributed by atoms with E-state index in [1.807, 2.05) is 6.07 Å². The number of carbonyl (C=O) groups excluding carboxylic acids is 2. The Morgan fingerprint density at radius 2 is 1.76 bits per heavy atom. The second-order valence-corrected chi connectivity index (χ2v) is 11.5. The molecule has 2 aromatic carbocycles. The number of allylic oxidation sites excluding steroid dienone is 1. The Kier molecular flexibility index (Phi) is 7.30. The number of anilines is 1. The largest absolute Gasteiger partial charge is 0.496 e. The predicted octanol–water partition coefficient (Wildman–Crippen LogP) is 6.26. The van der Waals surface area contributed by atoms with Crippen LogP contribution in [-0.4, -0.2) is 31.1 Å². The van der Waals surface area contributed by atoms with E-state index in [0.717, 1.165) is 55.7 Å². The van der Waals surface area contributed by atoms with Gasteiger partial charge in [0, 0.05) is 17.6 Å². The number of benzene rings is 2. The first-order chi connectivity index (χ1) is 19.6. The standard InChI is InChI=1S/C31H32F4N2O4/c1-40-26-11-4-17(15-41-19-6-7-19)13-23(26)29(38)37-28-21-9-8-20(22(21)12-16-2-3-16)27(28)30(39)36-18-5-10-25(32)24(14-18)31(33,34)35/h4-5,10-14,16,19-21,27-28H,2-3,6-9,15H2,1H3,(H,36,39)(H,37,38)/b22-12-/t20?,21?,27-,28+/m0/s1. The van der Waals surface area contributed by atoms with Crippen molar-refractivity contribution in [2.24, 2.45) is 23.7 Å². The fourth-order valence-corrected chi connectivity index (χ4v) is 6.31. The SMILES string of the molecule is COc1ccc(COC2CC2)cc1C(=O)N[C@@H]1C2CCC(/C2=C/C2CC2)[C@@H]1C(=O)Nc1ccc(F)c(C(F)(F)F)c1. The molecular formula is C31H32F4N2O4. The summed E-state index contributed by atoms with van der Waals surface area (Å²) in [5, 5.41) is 5.67. The molecule has 2 bridgehead atoms. The van der Waals surface area contributed by atoms with Crippen molar-refractivity contribution in [2.75, 3.05) is 12.4 Å². The fraction of sp³-hybridized carbons (Fsp3) is 0.484. The van der Waals surface area contributed by atoms with Crippen LogP contribution in [0.4, 0.5) is 23.2 Å². The van der Waals surface area contributed by atoms with Crippen LogP contribution in [0.2, 0.25) is 0 Å². The average molecular weight is 573 g/mol. The van der Waals surface area contributed by atoms with Crippen molar-refractivity contribution in [3.05, 3.63) is 70.6 Å². The summed E-state index contributed by atoms with van der Waals surface area (Å²) in [6.45, 7) is 0.375. The summed E-state index contributed by atoms with van der Waals surface area (Å²) in [7, 11) is 1.48. The highest BCUT2D eigenvalue weighted by Crippen LogP contribution is 2.54. The number of hydrogen-bond acceptors (Lipinski definition) is 4. The zero-order valence-electron chi connectivity index (χ0n) is 22.6. The molecule has 41 heavy (non-hydrogen) atoms. The van der Waals surface area contributed by atoms with Crippen molar-refractivity contribution in [3.63, 3.8) is 0 Å². The Bertz CT molecular complexity index is 1380. The monoisotopic (exact) mass is 572 g/mol. The van der Waals surface area contributed by atoms with Gasteiger partial charge in [0.05, 0.1) is 36.9 Å². The van der Waals surface area contributed by atoms with Crippen LogP contribution in [0.25, 0.3) is 0 Å². The smallest absolute Gasteiger partial charge is 0.419 e. The van der Waals surface area contributed by atoms with Crippen molar-refractivity contribution >= 4 is 17.5 Å². The third-order valence-corrected chi connectivity index (χ3v) is 8.61. The third kappa shape index (κ3) is 5.84. The Hall–Kier alpha value is -3.40. The number of alkyl halides is 3. The molecule has 0 heterocycles. The van der Waals surface area contributed by atoms with Gasteiger partial charge in [0.25, 0.3) is 5.91 Å². The molecule has 0 saturated heterocycles. The van der Waals surface area contributed by atoms with Crippen LogP contribution in [0.1, 0.15) is 60.0 Å². The number of methoxy groups -OCH3 is 1. The van der Waals surface area contributed by atoms with Gasteiger partial charge >= 0.3 is 6.18 Å². The molecule has 2 N–H and O–H groups in total. The molecule has 4 saturated carbocycles. The Balaban J connectivity index is 1.26. The van der Waals surface area contributed by atoms with E-state index < -0.39 is 41.3 Å². The van der Waals surface area contributed by atoms with Gasteiger partial charge in [-0.1, -0.05) is 17.7 Å². The van der Waals surface area contributed by atoms with Gasteiger partial charge in [-0.15, -0.1) is 0 Å². The topological polar surface area (TPSA) is 76.7 Å². The van der Waals surface area contributed by atoms with E-state index in [1.54, 1.807) is 12.1 Å². The minimum absolute atomic E-state index is 0.0494. The van der Waals surface area contributed by atoms with Gasteiger partial charge in [0.2, 0.25) is 5.91 Å². The molecule has 10 heteroatoms. The lowest BCUT2D eigenvalue weighted by atomic mass is 9.83. The lowest BCUT2D eigenvalue weighted by Crippen LogP contribution is -2.48. The van der Waals surface area contributed by atoms with Crippen LogP contribution in [0.15, 0.2) is 48.0 Å². The Morgan fingerprint density at radius 3 is 2.44 bits per heavy atom. The summed E-state index contributed by atoms with van der Waals surface area (Å²) in [5.74, 6) is -2.31. The first kappa shape index (κ1) is 27.8. The van der Waals surface area contributed by atoms with Crippen LogP contribution in [-0.2, 0) is 22.3 Å². The van der Waals surface area contributed by atoms with Crippen LogP contribution in [0, 0.1) is 29.5 Å². The normalized spacial score (nSPS) is 26.3. The average Bonchev–Trinajstić information content (AvgIpc) is 3.87. The van der Waals surface area contributed by atoms with Crippen LogP contribution in [0.5, 0.6) is 5.75 Å². The highest BCUT2D eigenvalue weighted by molar-refractivity contribution is 5.99. The zero-order chi connectivity index (χ0) is 28.9. The van der Waals surface area contributed by atoms with Gasteiger partial charge in [0.1, 0.15) is 11.6 Å². The van der Waals surface area contributed by atoms with E-state index in [9.17, 15) is 27.2 Å². The first-order valence-corrected chi connectivity index (χ1v) is 14.1. The van der Waals surface area contributed by atoms with Crippen molar-refractivity contribution in [1.29, 1.82) is 0 Å². The number of fused-ring (bicyclic) bond motifs is 2. The second kappa shape index (κ2) is 10.8. The lowest BCUT2D eigenvalue weighted by Gasteiger charge is -2.30. The molecule has 4 atom stereocenters. The van der Waals surface area contributed by atoms with Gasteiger partial charge in [-0.2, -0.15) is 13.2 Å². The summed E-state index contributed by atoms with van der Waals surface area (Å²) in [6, 6.07) is 7.17. The fourth-order valence-electron chi connectivity index (χ4n) is 6.31. The molecule has 218 valence electrons. The number of ether oxygens (including phenoxy) is 2. The van der Waals surface area contributed by atoms with Gasteiger partial charge < -0.3 is 20.1 Å². The maximum absolute atomic E-state index is 13.8. The molecule has 0 spiro atoms. The molecule has 2 unspecified atom stereocenters. The van der Waals surface area contributed by atoms with Crippen LogP contribution in [0.3, 0.4) is 0 Å². The highest BCUT2D eigenvalue weighted by atomic mass is 19.4. The van der Waals surface area contributed by atoms with Crippen molar-refractivity contribution in [1.82, 2.24) is 5.32 Å². The number of amides is 2. The highest BCUT2D eigenvalue weighted by Gasteiger charge is 2.55. The van der Waals surface area contributed by atoms with Crippen molar-refractivity contribution in [3.8, 4) is 5.75 Å². The summed E-state index contributed by atoms with van der Waals surface area (Å²) in [6.07, 6.45) is 3.37. The van der Waals surface area contributed by atoms with E-state index in [1.165, 1.54) is 7.11 Å². The molecule has 0 aromatic heterocycles. The minimum atomic E-state index is -4.90. The first-order valence-electron chi connectivity index (χ1n) is 14.1. The van der Waals surface area contributed by atoms with E-state index >= 15 is 0 Å². The third-order valence-electron chi connectivity index (χ3n) is 8.61. The number of halogens is 4. The van der Waals surface area contributed by atoms with E-state index in [2.05, 4.69) is 16.7 Å². The number of hydrogen-bond donors (Lipinski definition) is 2. The molecular weight excluding hydrogens is 540 g/mol. The molecule has 6 rings (SSSR count). The molecule has 4 aliphatic carbocycles. The Morgan fingerprint density at radius 1 is 1.00 bits per heavy atom. The summed E-state index contributed by atoms with van der Waals surface area (Å²) < 4.78 is 65.0. The van der Waals surface area contributed by atoms with Gasteiger partial charge in [-0.05, 0) is 86.3 Å². The van der Waals surface area contributed by atoms with Crippen molar-refractivity contribution in [2.45, 2.75) is 63.5 Å². The molecule has 0 aliphatic heterocycles. The summed E-state index contributed by atoms with van der Waals surface area (Å²) in [5.41, 5.74) is 0.713. The molecule has 2 amide bonds. The van der Waals surface area contributed by atoms with Gasteiger partial charge in [-0.25, -0.2) is 4.39 Å². The molecule has 6 nitrogen and oxygen atoms in total. The quantitative estimate of drug-likeness (QED) is 0.275. The van der Waals surface area contributed by atoms with Gasteiger partial charge in [0.15, 0.2) is 0 Å². The maximum Gasteiger partial charge on any atom is 0.419 e. The summed E-state index contributed by atoms with van der Waals surface area (Å²) in [4.78, 5) is 27.3. The van der Waals surface area contributed by atoms with Crippen LogP contribution < -0.4 is 15.4 Å². The number of carbonyl (C=O) groups is 2. The number of rotatable bonds is 9. The second-order valence-electron chi connectivity index (χ2n) is 11.5. The van der Waals surface area contributed by atoms with Crippen LogP contribution >= 0.6 is 0 Å². The minimum Gasteiger partial charge on any atom is -0.496 e. The predicted molar refractivity (Wildman–Crippen MR) is 143 cm³/mol. The lowest BCUT2D eigenvalue weighted by molar-refractivity contribution is -0.140. The van der Waals surface area contributed by atoms with E-state index in [4.69, 9.17) is 9.47 Å². The molecule has 2 aromatic rings. The summed E-state index contributed by atoms with van der Waals surface area (Å²) >= 11 is 0. The van der Waals surface area contributed by atoms with Crippen molar-refractivity contribution < 1.29 is 36.6 Å². The van der Waals surface area contributed by atoms with E-state index in [-0.39, 0.29) is 23.6 Å². The zero-order valence-corrected chi connectivity index (χ0v) is 22.6. The molecule has 4 aliphatic rings. The Labute approximate surface area is 235 Å². The van der Waals surface area contributed by atoms with E-state index in [0.29, 0.717) is 36.0 Å². The van der Waals surface area contributed by atoms with Gasteiger partial charge in [-0.3, -0.25) is 9.59 Å². The molecule has 0 radical (unpaired) electrons. The maximum atomic E-state index is 13.8. The number of nitrogens with one attached hydrogen (secondary N) is 2.